The van der Waals surface area contributed by atoms with Crippen LogP contribution in [0.2, 0.25) is 0 Å². The molecular formula is C9H9BrOS. The molecule has 1 aromatic rings. The van der Waals surface area contributed by atoms with Gasteiger partial charge >= 0.3 is 0 Å². The second kappa shape index (κ2) is 4.67. The Labute approximate surface area is 84.7 Å². The number of rotatable bonds is 3. The molecule has 0 atom stereocenters. The highest BCUT2D eigenvalue weighted by atomic mass is 79.9. The molecule has 0 bridgehead atoms. The lowest BCUT2D eigenvalue weighted by atomic mass is 10.4. The number of hydrogen-bond donors (Lipinski definition) is 0. The van der Waals surface area contributed by atoms with E-state index in [1.807, 2.05) is 24.3 Å². The Morgan fingerprint density at radius 1 is 1.50 bits per heavy atom. The van der Waals surface area contributed by atoms with Crippen molar-refractivity contribution in [3.8, 4) is 0 Å². The van der Waals surface area contributed by atoms with Crippen molar-refractivity contribution >= 4 is 33.5 Å². The van der Waals surface area contributed by atoms with Crippen LogP contribution in [-0.4, -0.2) is 11.5 Å². The van der Waals surface area contributed by atoms with Crippen molar-refractivity contribution in [3.63, 3.8) is 0 Å². The zero-order valence-corrected chi connectivity index (χ0v) is 9.11. The van der Waals surface area contributed by atoms with Gasteiger partial charge in [-0.1, -0.05) is 12.1 Å². The van der Waals surface area contributed by atoms with E-state index in [0.717, 1.165) is 9.37 Å². The van der Waals surface area contributed by atoms with Gasteiger partial charge in [-0.05, 0) is 35.0 Å². The van der Waals surface area contributed by atoms with Crippen molar-refractivity contribution in [1.82, 2.24) is 0 Å². The van der Waals surface area contributed by atoms with Gasteiger partial charge in [0.25, 0.3) is 0 Å². The van der Waals surface area contributed by atoms with Crippen LogP contribution < -0.4 is 0 Å². The maximum atomic E-state index is 10.7. The summed E-state index contributed by atoms with van der Waals surface area (Å²) in [6.07, 6.45) is 0. The van der Waals surface area contributed by atoms with Gasteiger partial charge in [0.15, 0.2) is 0 Å². The van der Waals surface area contributed by atoms with Gasteiger partial charge in [0, 0.05) is 9.37 Å². The molecule has 64 valence electrons. The Kier molecular flexibility index (Phi) is 3.82. The van der Waals surface area contributed by atoms with E-state index in [2.05, 4.69) is 15.9 Å². The zero-order valence-electron chi connectivity index (χ0n) is 6.71. The molecule has 0 saturated heterocycles. The first-order valence-corrected chi connectivity index (χ1v) is 5.35. The van der Waals surface area contributed by atoms with E-state index in [1.54, 1.807) is 18.7 Å². The first-order valence-electron chi connectivity index (χ1n) is 3.57. The van der Waals surface area contributed by atoms with E-state index < -0.39 is 0 Å². The number of thioether (sulfide) groups is 1. The number of ketones is 1. The molecule has 12 heavy (non-hydrogen) atoms. The molecule has 0 N–H and O–H groups in total. The predicted octanol–water partition coefficient (Wildman–Crippen LogP) is 3.13. The highest BCUT2D eigenvalue weighted by Gasteiger charge is 2.00. The van der Waals surface area contributed by atoms with E-state index in [1.165, 1.54) is 0 Å². The summed E-state index contributed by atoms with van der Waals surface area (Å²) in [6.45, 7) is 1.60. The highest BCUT2D eigenvalue weighted by Crippen LogP contribution is 2.26. The molecule has 1 nitrogen and oxygen atoms in total. The molecule has 0 unspecified atom stereocenters. The summed E-state index contributed by atoms with van der Waals surface area (Å²) in [4.78, 5) is 11.8. The molecule has 0 radical (unpaired) electrons. The molecule has 1 rings (SSSR count). The second-order valence-corrected chi connectivity index (χ2v) is 4.29. The third kappa shape index (κ3) is 2.99. The maximum Gasteiger partial charge on any atom is 0.140 e. The number of Topliss-reactive ketones (excluding diaryl/α,β-unsaturated/α-hetero) is 1. The molecule has 0 aliphatic heterocycles. The van der Waals surface area contributed by atoms with Gasteiger partial charge in [0.1, 0.15) is 5.78 Å². The number of halogens is 1. The van der Waals surface area contributed by atoms with E-state index in [-0.39, 0.29) is 5.78 Å². The summed E-state index contributed by atoms with van der Waals surface area (Å²) in [6, 6.07) is 7.90. The smallest absolute Gasteiger partial charge is 0.140 e. The van der Waals surface area contributed by atoms with Gasteiger partial charge in [-0.3, -0.25) is 4.79 Å². The monoisotopic (exact) mass is 244 g/mol. The molecule has 0 amide bonds. The van der Waals surface area contributed by atoms with E-state index in [0.29, 0.717) is 5.75 Å². The minimum absolute atomic E-state index is 0.204. The zero-order chi connectivity index (χ0) is 8.97. The SMILES string of the molecule is CC(=O)CSc1ccccc1Br. The van der Waals surface area contributed by atoms with E-state index in [4.69, 9.17) is 0 Å². The Hall–Kier alpha value is -0.280. The van der Waals surface area contributed by atoms with Gasteiger partial charge < -0.3 is 0 Å². The van der Waals surface area contributed by atoms with Crippen molar-refractivity contribution in [2.75, 3.05) is 5.75 Å². The number of hydrogen-bond acceptors (Lipinski definition) is 2. The first-order chi connectivity index (χ1) is 5.70. The molecule has 0 saturated carbocycles. The molecule has 0 aliphatic carbocycles. The molecule has 0 aliphatic rings. The first kappa shape index (κ1) is 9.81. The van der Waals surface area contributed by atoms with Gasteiger partial charge in [0.2, 0.25) is 0 Å². The van der Waals surface area contributed by atoms with Crippen LogP contribution in [0.25, 0.3) is 0 Å². The fourth-order valence-electron chi connectivity index (χ4n) is 0.741. The number of benzene rings is 1. The van der Waals surface area contributed by atoms with E-state index >= 15 is 0 Å². The van der Waals surface area contributed by atoms with Crippen LogP contribution in [0.1, 0.15) is 6.92 Å². The normalized spacial score (nSPS) is 9.83. The van der Waals surface area contributed by atoms with Crippen LogP contribution in [-0.2, 0) is 4.79 Å². The minimum atomic E-state index is 0.204. The lowest BCUT2D eigenvalue weighted by Gasteiger charge is -2.00. The van der Waals surface area contributed by atoms with Gasteiger partial charge in [-0.15, -0.1) is 11.8 Å². The largest absolute Gasteiger partial charge is 0.299 e. The summed E-state index contributed by atoms with van der Waals surface area (Å²) in [7, 11) is 0. The van der Waals surface area contributed by atoms with Crippen LogP contribution >= 0.6 is 27.7 Å². The quantitative estimate of drug-likeness (QED) is 0.761. The summed E-state index contributed by atoms with van der Waals surface area (Å²) in [5.74, 6) is 0.749. The van der Waals surface area contributed by atoms with Crippen LogP contribution in [0, 0.1) is 0 Å². The van der Waals surface area contributed by atoms with Gasteiger partial charge in [-0.2, -0.15) is 0 Å². The summed E-state index contributed by atoms with van der Waals surface area (Å²) >= 11 is 4.97. The fraction of sp³-hybridized carbons (Fsp3) is 0.222. The van der Waals surface area contributed by atoms with Crippen molar-refractivity contribution in [3.05, 3.63) is 28.7 Å². The molecule has 0 heterocycles. The Bertz CT molecular complexity index is 286. The predicted molar refractivity (Wildman–Crippen MR) is 55.5 cm³/mol. The number of carbonyl (C=O) groups is 1. The summed E-state index contributed by atoms with van der Waals surface area (Å²) in [5, 5.41) is 0. The number of carbonyl (C=O) groups excluding carboxylic acids is 1. The van der Waals surface area contributed by atoms with Crippen molar-refractivity contribution < 1.29 is 4.79 Å². The van der Waals surface area contributed by atoms with Crippen molar-refractivity contribution in [1.29, 1.82) is 0 Å². The lowest BCUT2D eigenvalue weighted by molar-refractivity contribution is -0.114. The van der Waals surface area contributed by atoms with Crippen LogP contribution in [0.5, 0.6) is 0 Å². The Morgan fingerprint density at radius 3 is 2.75 bits per heavy atom. The molecule has 0 aromatic heterocycles. The van der Waals surface area contributed by atoms with Gasteiger partial charge in [-0.25, -0.2) is 0 Å². The van der Waals surface area contributed by atoms with E-state index in [9.17, 15) is 4.79 Å². The Morgan fingerprint density at radius 2 is 2.17 bits per heavy atom. The second-order valence-electron chi connectivity index (χ2n) is 2.42. The molecular weight excluding hydrogens is 236 g/mol. The fourth-order valence-corrected chi connectivity index (χ4v) is 2.11. The third-order valence-electron chi connectivity index (χ3n) is 1.27. The standard InChI is InChI=1S/C9H9BrOS/c1-7(11)6-12-9-5-3-2-4-8(9)10/h2-5H,6H2,1H3. The Balaban J connectivity index is 2.63. The molecule has 0 spiro atoms. The average Bonchev–Trinajstić information content (AvgIpc) is 2.03. The topological polar surface area (TPSA) is 17.1 Å². The lowest BCUT2D eigenvalue weighted by Crippen LogP contribution is -1.92. The highest BCUT2D eigenvalue weighted by molar-refractivity contribution is 9.10. The molecule has 0 fully saturated rings. The molecule has 3 heteroatoms. The van der Waals surface area contributed by atoms with Crippen LogP contribution in [0.4, 0.5) is 0 Å². The van der Waals surface area contributed by atoms with Crippen molar-refractivity contribution in [2.24, 2.45) is 0 Å². The van der Waals surface area contributed by atoms with Crippen LogP contribution in [0.3, 0.4) is 0 Å². The maximum absolute atomic E-state index is 10.7. The minimum Gasteiger partial charge on any atom is -0.299 e. The summed E-state index contributed by atoms with van der Waals surface area (Å²) < 4.78 is 1.05. The van der Waals surface area contributed by atoms with Crippen LogP contribution in [0.15, 0.2) is 33.6 Å². The average molecular weight is 245 g/mol. The summed E-state index contributed by atoms with van der Waals surface area (Å²) in [5.41, 5.74) is 0. The third-order valence-corrected chi connectivity index (χ3v) is 3.44. The van der Waals surface area contributed by atoms with Gasteiger partial charge in [0.05, 0.1) is 5.75 Å². The molecule has 1 aromatic carbocycles. The van der Waals surface area contributed by atoms with Crippen molar-refractivity contribution in [2.45, 2.75) is 11.8 Å².